The lowest BCUT2D eigenvalue weighted by atomic mass is 9.89. The number of hydrogen-bond donors (Lipinski definition) is 0. The van der Waals surface area contributed by atoms with E-state index in [1.807, 2.05) is 31.0 Å². The summed E-state index contributed by atoms with van der Waals surface area (Å²) in [6.07, 6.45) is 5.27. The first-order valence-electron chi connectivity index (χ1n) is 7.58. The van der Waals surface area contributed by atoms with Gasteiger partial charge in [0.25, 0.3) is 5.91 Å². The molecule has 1 aromatic heterocycles. The number of hydrogen-bond acceptors (Lipinski definition) is 4. The molecular weight excluding hydrogens is 268 g/mol. The van der Waals surface area contributed by atoms with Crippen LogP contribution in [-0.2, 0) is 9.47 Å². The molecule has 3 rings (SSSR count). The molecular formula is C16H22N2O3. The Kier molecular flexibility index (Phi) is 3.95. The molecule has 5 heteroatoms. The van der Waals surface area contributed by atoms with Crippen LogP contribution in [0.4, 0.5) is 0 Å². The summed E-state index contributed by atoms with van der Waals surface area (Å²) in [6, 6.07) is 3.90. The summed E-state index contributed by atoms with van der Waals surface area (Å²) in [5.41, 5.74) is 1.47. The summed E-state index contributed by atoms with van der Waals surface area (Å²) in [6.45, 7) is 3.25. The SMILES string of the molecule is Cc1ncccc1C(=O)N(C)C1CCC2(CC1)OCCO2. The summed E-state index contributed by atoms with van der Waals surface area (Å²) >= 11 is 0. The Hall–Kier alpha value is -1.46. The highest BCUT2D eigenvalue weighted by atomic mass is 16.7. The van der Waals surface area contributed by atoms with E-state index >= 15 is 0 Å². The molecule has 21 heavy (non-hydrogen) atoms. The Balaban J connectivity index is 1.65. The molecule has 2 heterocycles. The molecule has 2 fully saturated rings. The second-order valence-corrected chi connectivity index (χ2v) is 5.89. The van der Waals surface area contributed by atoms with E-state index in [9.17, 15) is 4.79 Å². The van der Waals surface area contributed by atoms with Gasteiger partial charge >= 0.3 is 0 Å². The van der Waals surface area contributed by atoms with Crippen LogP contribution in [0.5, 0.6) is 0 Å². The van der Waals surface area contributed by atoms with Crippen LogP contribution in [0.15, 0.2) is 18.3 Å². The van der Waals surface area contributed by atoms with Gasteiger partial charge in [-0.3, -0.25) is 9.78 Å². The Labute approximate surface area is 125 Å². The number of carbonyl (C=O) groups is 1. The number of nitrogens with zero attached hydrogens (tertiary/aromatic N) is 2. The Morgan fingerprint density at radius 3 is 2.62 bits per heavy atom. The van der Waals surface area contributed by atoms with E-state index in [1.165, 1.54) is 0 Å². The van der Waals surface area contributed by atoms with Gasteiger partial charge in [0.2, 0.25) is 0 Å². The molecule has 2 aliphatic rings. The molecule has 114 valence electrons. The minimum Gasteiger partial charge on any atom is -0.348 e. The van der Waals surface area contributed by atoms with Gasteiger partial charge in [-0.25, -0.2) is 0 Å². The number of amides is 1. The molecule has 1 saturated heterocycles. The summed E-state index contributed by atoms with van der Waals surface area (Å²) in [5.74, 6) is -0.320. The minimum absolute atomic E-state index is 0.0507. The van der Waals surface area contributed by atoms with Gasteiger partial charge in [-0.05, 0) is 31.9 Å². The molecule has 1 spiro atoms. The highest BCUT2D eigenvalue weighted by Gasteiger charge is 2.41. The third kappa shape index (κ3) is 2.80. The van der Waals surface area contributed by atoms with E-state index in [1.54, 1.807) is 6.20 Å². The molecule has 0 bridgehead atoms. The summed E-state index contributed by atoms with van der Waals surface area (Å²) in [5, 5.41) is 0. The zero-order valence-electron chi connectivity index (χ0n) is 12.7. The fourth-order valence-corrected chi connectivity index (χ4v) is 3.28. The van der Waals surface area contributed by atoms with Crippen LogP contribution in [-0.4, -0.2) is 47.9 Å². The quantitative estimate of drug-likeness (QED) is 0.837. The van der Waals surface area contributed by atoms with Crippen molar-refractivity contribution in [2.75, 3.05) is 20.3 Å². The third-order valence-corrected chi connectivity index (χ3v) is 4.64. The average molecular weight is 290 g/mol. The minimum atomic E-state index is -0.370. The summed E-state index contributed by atoms with van der Waals surface area (Å²) in [7, 11) is 1.88. The van der Waals surface area contributed by atoms with Crippen LogP contribution in [0, 0.1) is 6.92 Å². The summed E-state index contributed by atoms with van der Waals surface area (Å²) < 4.78 is 11.5. The Morgan fingerprint density at radius 2 is 2.00 bits per heavy atom. The molecule has 0 unspecified atom stereocenters. The zero-order valence-corrected chi connectivity index (χ0v) is 12.7. The maximum atomic E-state index is 12.6. The second-order valence-electron chi connectivity index (χ2n) is 5.89. The first-order chi connectivity index (χ1) is 10.1. The highest BCUT2D eigenvalue weighted by molar-refractivity contribution is 5.95. The predicted molar refractivity (Wildman–Crippen MR) is 78.0 cm³/mol. The van der Waals surface area contributed by atoms with Crippen molar-refractivity contribution in [2.45, 2.75) is 44.4 Å². The van der Waals surface area contributed by atoms with E-state index in [4.69, 9.17) is 9.47 Å². The molecule has 1 amide bonds. The van der Waals surface area contributed by atoms with Crippen LogP contribution in [0.25, 0.3) is 0 Å². The standard InChI is InChI=1S/C16H22N2O3/c1-12-14(4-3-9-17-12)15(19)18(2)13-5-7-16(8-6-13)20-10-11-21-16/h3-4,9,13H,5-8,10-11H2,1-2H3. The van der Waals surface area contributed by atoms with Crippen LogP contribution < -0.4 is 0 Å². The van der Waals surface area contributed by atoms with E-state index in [0.717, 1.165) is 31.4 Å². The molecule has 0 radical (unpaired) electrons. The lowest BCUT2D eigenvalue weighted by Gasteiger charge is -2.39. The van der Waals surface area contributed by atoms with Crippen LogP contribution in [0.3, 0.4) is 0 Å². The molecule has 1 aliphatic carbocycles. The van der Waals surface area contributed by atoms with Crippen molar-refractivity contribution in [3.8, 4) is 0 Å². The van der Waals surface area contributed by atoms with Gasteiger partial charge in [0.1, 0.15) is 0 Å². The van der Waals surface area contributed by atoms with Crippen molar-refractivity contribution in [2.24, 2.45) is 0 Å². The van der Waals surface area contributed by atoms with Crippen molar-refractivity contribution >= 4 is 5.91 Å². The predicted octanol–water partition coefficient (Wildman–Crippen LogP) is 2.15. The first kappa shape index (κ1) is 14.5. The molecule has 1 saturated carbocycles. The monoisotopic (exact) mass is 290 g/mol. The van der Waals surface area contributed by atoms with Crippen LogP contribution in [0.1, 0.15) is 41.7 Å². The number of rotatable bonds is 2. The molecule has 1 aliphatic heterocycles. The normalized spacial score (nSPS) is 21.6. The number of carbonyl (C=O) groups excluding carboxylic acids is 1. The molecule has 5 nitrogen and oxygen atoms in total. The van der Waals surface area contributed by atoms with Gasteiger partial charge < -0.3 is 14.4 Å². The zero-order chi connectivity index (χ0) is 14.9. The molecule has 1 aromatic rings. The van der Waals surface area contributed by atoms with Gasteiger partial charge in [-0.15, -0.1) is 0 Å². The van der Waals surface area contributed by atoms with Crippen LogP contribution >= 0.6 is 0 Å². The average Bonchev–Trinajstić information content (AvgIpc) is 2.95. The van der Waals surface area contributed by atoms with E-state index in [0.29, 0.717) is 18.8 Å². The lowest BCUT2D eigenvalue weighted by Crippen LogP contribution is -2.45. The van der Waals surface area contributed by atoms with Crippen molar-refractivity contribution in [3.05, 3.63) is 29.6 Å². The van der Waals surface area contributed by atoms with Crippen molar-refractivity contribution in [1.82, 2.24) is 9.88 Å². The third-order valence-electron chi connectivity index (χ3n) is 4.64. The van der Waals surface area contributed by atoms with Gasteiger partial charge in [0, 0.05) is 37.8 Å². The van der Waals surface area contributed by atoms with Gasteiger partial charge in [0.15, 0.2) is 5.79 Å². The van der Waals surface area contributed by atoms with E-state index in [-0.39, 0.29) is 17.7 Å². The largest absolute Gasteiger partial charge is 0.348 e. The van der Waals surface area contributed by atoms with E-state index < -0.39 is 0 Å². The fraction of sp³-hybridized carbons (Fsp3) is 0.625. The maximum absolute atomic E-state index is 12.6. The van der Waals surface area contributed by atoms with E-state index in [2.05, 4.69) is 4.98 Å². The summed E-state index contributed by atoms with van der Waals surface area (Å²) in [4.78, 5) is 18.7. The topological polar surface area (TPSA) is 51.7 Å². The first-order valence-corrected chi connectivity index (χ1v) is 7.58. The smallest absolute Gasteiger partial charge is 0.255 e. The number of pyridine rings is 1. The van der Waals surface area contributed by atoms with Gasteiger partial charge in [-0.2, -0.15) is 0 Å². The molecule has 0 aromatic carbocycles. The maximum Gasteiger partial charge on any atom is 0.255 e. The van der Waals surface area contributed by atoms with Gasteiger partial charge in [-0.1, -0.05) is 0 Å². The lowest BCUT2D eigenvalue weighted by molar-refractivity contribution is -0.182. The van der Waals surface area contributed by atoms with Crippen molar-refractivity contribution in [3.63, 3.8) is 0 Å². The number of aromatic nitrogens is 1. The van der Waals surface area contributed by atoms with Crippen LogP contribution in [0.2, 0.25) is 0 Å². The van der Waals surface area contributed by atoms with Gasteiger partial charge in [0.05, 0.1) is 18.8 Å². The Morgan fingerprint density at radius 1 is 1.33 bits per heavy atom. The Bertz CT molecular complexity index is 516. The number of aryl methyl sites for hydroxylation is 1. The number of ether oxygens (including phenoxy) is 2. The molecule has 0 atom stereocenters. The highest BCUT2D eigenvalue weighted by Crippen LogP contribution is 2.37. The molecule has 0 N–H and O–H groups in total. The fourth-order valence-electron chi connectivity index (χ4n) is 3.28. The second kappa shape index (κ2) is 5.73. The van der Waals surface area contributed by atoms with Crippen molar-refractivity contribution in [1.29, 1.82) is 0 Å². The van der Waals surface area contributed by atoms with Crippen molar-refractivity contribution < 1.29 is 14.3 Å².